The van der Waals surface area contributed by atoms with E-state index in [0.29, 0.717) is 6.54 Å². The highest BCUT2D eigenvalue weighted by Crippen LogP contribution is 1.78. The van der Waals surface area contributed by atoms with E-state index in [2.05, 4.69) is 0 Å². The number of ketones is 1. The molecular weight excluding hydrogens is 106 g/mol. The summed E-state index contributed by atoms with van der Waals surface area (Å²) in [6, 6.07) is 0. The second-order valence-electron chi connectivity index (χ2n) is 1.68. The third kappa shape index (κ3) is 3.77. The largest absolute Gasteiger partial charge is 0.314 e. The van der Waals surface area contributed by atoms with E-state index in [4.69, 9.17) is 5.21 Å². The Morgan fingerprint density at radius 2 is 2.25 bits per heavy atom. The molecular formula is C5H11NO2. The topological polar surface area (TPSA) is 40.5 Å². The first-order chi connectivity index (χ1) is 3.66. The maximum atomic E-state index is 10.2. The van der Waals surface area contributed by atoms with Gasteiger partial charge in [0.05, 0.1) is 6.54 Å². The molecule has 0 radical (unpaired) electrons. The highest BCUT2D eigenvalue weighted by Gasteiger charge is 1.97. The Hall–Kier alpha value is -0.410. The fourth-order valence-corrected chi connectivity index (χ4v) is 0.369. The molecule has 1 N–H and O–H groups in total. The van der Waals surface area contributed by atoms with Crippen LogP contribution in [0.25, 0.3) is 0 Å². The molecule has 0 fully saturated rings. The molecule has 0 atom stereocenters. The predicted octanol–water partition coefficient (Wildman–Crippen LogP) is 0.286. The molecule has 0 amide bonds. The summed E-state index contributed by atoms with van der Waals surface area (Å²) in [4.78, 5) is 10.2. The summed E-state index contributed by atoms with van der Waals surface area (Å²) in [6.07, 6.45) is 0. The Morgan fingerprint density at radius 1 is 1.75 bits per heavy atom. The summed E-state index contributed by atoms with van der Waals surface area (Å²) in [6.45, 7) is 3.86. The van der Waals surface area contributed by atoms with Crippen molar-refractivity contribution in [3.63, 3.8) is 0 Å². The number of hydrogen-bond acceptors (Lipinski definition) is 3. The first kappa shape index (κ1) is 7.59. The molecule has 48 valence electrons. The zero-order valence-corrected chi connectivity index (χ0v) is 5.22. The Labute approximate surface area is 48.9 Å². The third-order valence-electron chi connectivity index (χ3n) is 0.770. The van der Waals surface area contributed by atoms with Crippen LogP contribution in [0.15, 0.2) is 0 Å². The monoisotopic (exact) mass is 117 g/mol. The molecule has 3 heteroatoms. The molecule has 0 aliphatic rings. The molecule has 3 nitrogen and oxygen atoms in total. The van der Waals surface area contributed by atoms with E-state index >= 15 is 0 Å². The van der Waals surface area contributed by atoms with Gasteiger partial charge in [0.2, 0.25) is 0 Å². The molecule has 0 spiro atoms. The minimum Gasteiger partial charge on any atom is -0.314 e. The van der Waals surface area contributed by atoms with Crippen LogP contribution in [0.1, 0.15) is 13.8 Å². The fourth-order valence-electron chi connectivity index (χ4n) is 0.369. The maximum Gasteiger partial charge on any atom is 0.146 e. The summed E-state index contributed by atoms with van der Waals surface area (Å²) in [5.74, 6) is -0.0191. The number of likely N-dealkylation sites (N-methyl/N-ethyl adjacent to an activating group) is 1. The van der Waals surface area contributed by atoms with Crippen LogP contribution < -0.4 is 0 Å². The lowest BCUT2D eigenvalue weighted by atomic mass is 10.4. The first-order valence-corrected chi connectivity index (χ1v) is 2.60. The van der Waals surface area contributed by atoms with Crippen LogP contribution in [0.2, 0.25) is 0 Å². The molecule has 0 bridgehead atoms. The van der Waals surface area contributed by atoms with Gasteiger partial charge in [0.25, 0.3) is 0 Å². The van der Waals surface area contributed by atoms with Crippen LogP contribution in [-0.2, 0) is 4.79 Å². The molecule has 0 aromatic carbocycles. The summed E-state index contributed by atoms with van der Waals surface area (Å²) < 4.78 is 0. The molecule has 0 saturated carbocycles. The number of hydrogen-bond donors (Lipinski definition) is 1. The van der Waals surface area contributed by atoms with E-state index in [1.54, 1.807) is 6.92 Å². The normalized spacial score (nSPS) is 10.0. The molecule has 8 heavy (non-hydrogen) atoms. The van der Waals surface area contributed by atoms with Gasteiger partial charge in [-0.2, -0.15) is 5.06 Å². The van der Waals surface area contributed by atoms with Crippen molar-refractivity contribution in [2.45, 2.75) is 13.8 Å². The Balaban J connectivity index is 3.24. The highest BCUT2D eigenvalue weighted by atomic mass is 16.5. The standard InChI is InChI=1S/C5H11NO2/c1-3-6(8)4-5(2)7/h8H,3-4H2,1-2H3. The van der Waals surface area contributed by atoms with Gasteiger partial charge >= 0.3 is 0 Å². The predicted molar refractivity (Wildman–Crippen MR) is 29.7 cm³/mol. The van der Waals surface area contributed by atoms with Crippen LogP contribution in [0, 0.1) is 0 Å². The number of hydroxylamine groups is 2. The average Bonchev–Trinajstić information content (AvgIpc) is 1.65. The molecule has 0 rings (SSSR count). The van der Waals surface area contributed by atoms with E-state index in [-0.39, 0.29) is 12.3 Å². The number of carbonyl (C=O) groups excluding carboxylic acids is 1. The van der Waals surface area contributed by atoms with Crippen molar-refractivity contribution in [1.82, 2.24) is 5.06 Å². The van der Waals surface area contributed by atoms with Crippen LogP contribution in [-0.4, -0.2) is 29.1 Å². The molecule has 0 heterocycles. The lowest BCUT2D eigenvalue weighted by Crippen LogP contribution is -2.24. The van der Waals surface area contributed by atoms with Crippen molar-refractivity contribution in [3.05, 3.63) is 0 Å². The molecule has 0 unspecified atom stereocenters. The van der Waals surface area contributed by atoms with Crippen molar-refractivity contribution in [3.8, 4) is 0 Å². The Morgan fingerprint density at radius 3 is 2.38 bits per heavy atom. The summed E-state index contributed by atoms with van der Waals surface area (Å²) >= 11 is 0. The van der Waals surface area contributed by atoms with Crippen LogP contribution in [0.3, 0.4) is 0 Å². The second kappa shape index (κ2) is 3.57. The molecule has 0 aliphatic heterocycles. The van der Waals surface area contributed by atoms with E-state index in [9.17, 15) is 4.79 Å². The lowest BCUT2D eigenvalue weighted by Gasteiger charge is -2.07. The molecule has 0 aromatic heterocycles. The van der Waals surface area contributed by atoms with Crippen LogP contribution >= 0.6 is 0 Å². The number of Topliss-reactive ketones (excluding diaryl/α,β-unsaturated/α-hetero) is 1. The van der Waals surface area contributed by atoms with Gasteiger partial charge in [-0.25, -0.2) is 0 Å². The summed E-state index contributed by atoms with van der Waals surface area (Å²) in [5.41, 5.74) is 0. The molecule has 0 aliphatic carbocycles. The van der Waals surface area contributed by atoms with Gasteiger partial charge < -0.3 is 5.21 Å². The minimum atomic E-state index is -0.0191. The SMILES string of the molecule is CCN(O)CC(C)=O. The summed E-state index contributed by atoms with van der Waals surface area (Å²) in [7, 11) is 0. The van der Waals surface area contributed by atoms with Gasteiger partial charge in [-0.1, -0.05) is 6.92 Å². The molecule has 0 saturated heterocycles. The minimum absolute atomic E-state index is 0.0191. The van der Waals surface area contributed by atoms with Crippen molar-refractivity contribution < 1.29 is 10.0 Å². The van der Waals surface area contributed by atoms with Gasteiger partial charge in [-0.15, -0.1) is 0 Å². The Kier molecular flexibility index (Phi) is 3.39. The average molecular weight is 117 g/mol. The van der Waals surface area contributed by atoms with Crippen LogP contribution in [0.5, 0.6) is 0 Å². The fraction of sp³-hybridized carbons (Fsp3) is 0.800. The van der Waals surface area contributed by atoms with Gasteiger partial charge in [-0.3, -0.25) is 4.79 Å². The Bertz CT molecular complexity index is 82.5. The molecule has 0 aromatic rings. The second-order valence-corrected chi connectivity index (χ2v) is 1.68. The van der Waals surface area contributed by atoms with Crippen LogP contribution in [0.4, 0.5) is 0 Å². The van der Waals surface area contributed by atoms with Crippen molar-refractivity contribution in [2.24, 2.45) is 0 Å². The van der Waals surface area contributed by atoms with E-state index in [1.807, 2.05) is 0 Å². The summed E-state index contributed by atoms with van der Waals surface area (Å²) in [5, 5.41) is 9.62. The third-order valence-corrected chi connectivity index (χ3v) is 0.770. The van der Waals surface area contributed by atoms with Crippen molar-refractivity contribution >= 4 is 5.78 Å². The van der Waals surface area contributed by atoms with Gasteiger partial charge in [-0.05, 0) is 6.92 Å². The maximum absolute atomic E-state index is 10.2. The zero-order chi connectivity index (χ0) is 6.57. The quantitative estimate of drug-likeness (QED) is 0.540. The van der Waals surface area contributed by atoms with Crippen molar-refractivity contribution in [1.29, 1.82) is 0 Å². The van der Waals surface area contributed by atoms with E-state index in [0.717, 1.165) is 5.06 Å². The van der Waals surface area contributed by atoms with E-state index in [1.165, 1.54) is 6.92 Å². The highest BCUT2D eigenvalue weighted by molar-refractivity contribution is 5.77. The number of rotatable bonds is 3. The first-order valence-electron chi connectivity index (χ1n) is 2.60. The van der Waals surface area contributed by atoms with E-state index < -0.39 is 0 Å². The lowest BCUT2D eigenvalue weighted by molar-refractivity contribution is -0.132. The van der Waals surface area contributed by atoms with Crippen molar-refractivity contribution in [2.75, 3.05) is 13.1 Å². The number of nitrogens with zero attached hydrogens (tertiary/aromatic N) is 1. The van der Waals surface area contributed by atoms with Gasteiger partial charge in [0, 0.05) is 6.54 Å². The van der Waals surface area contributed by atoms with Gasteiger partial charge in [0.1, 0.15) is 5.78 Å². The zero-order valence-electron chi connectivity index (χ0n) is 5.22. The van der Waals surface area contributed by atoms with Gasteiger partial charge in [0.15, 0.2) is 0 Å². The smallest absolute Gasteiger partial charge is 0.146 e. The number of carbonyl (C=O) groups is 1.